The molecule has 0 saturated carbocycles. The fourth-order valence-electron chi connectivity index (χ4n) is 3.37. The summed E-state index contributed by atoms with van der Waals surface area (Å²) in [4.78, 5) is 0. The number of rotatable bonds is 7. The zero-order valence-corrected chi connectivity index (χ0v) is 16.9. The Hall–Kier alpha value is -3.80. The summed E-state index contributed by atoms with van der Waals surface area (Å²) in [5.41, 5.74) is 4.47. The van der Waals surface area contributed by atoms with Crippen LogP contribution in [0.25, 0.3) is 22.3 Å². The van der Waals surface area contributed by atoms with Crippen molar-refractivity contribution in [1.29, 1.82) is 0 Å². The lowest BCUT2D eigenvalue weighted by atomic mass is 10.1. The van der Waals surface area contributed by atoms with E-state index in [2.05, 4.69) is 17.0 Å². The second kappa shape index (κ2) is 8.29. The molecule has 0 fully saturated rings. The van der Waals surface area contributed by atoms with Crippen LogP contribution in [0.3, 0.4) is 0 Å². The summed E-state index contributed by atoms with van der Waals surface area (Å²) in [6, 6.07) is 18.0. The van der Waals surface area contributed by atoms with Crippen molar-refractivity contribution in [2.45, 2.75) is 6.54 Å². The van der Waals surface area contributed by atoms with Gasteiger partial charge in [0.2, 0.25) is 0 Å². The van der Waals surface area contributed by atoms with E-state index >= 15 is 0 Å². The smallest absolute Gasteiger partial charge is 0.123 e. The summed E-state index contributed by atoms with van der Waals surface area (Å²) in [6.45, 7) is 4.77. The van der Waals surface area contributed by atoms with E-state index in [9.17, 15) is 4.39 Å². The van der Waals surface area contributed by atoms with Gasteiger partial charge in [0.15, 0.2) is 0 Å². The molecular formula is C24H22FN3O2. The molecule has 0 amide bonds. The van der Waals surface area contributed by atoms with Crippen molar-refractivity contribution in [1.82, 2.24) is 15.1 Å². The minimum Gasteiger partial charge on any atom is -0.497 e. The van der Waals surface area contributed by atoms with Crippen LogP contribution in [0.5, 0.6) is 11.5 Å². The molecule has 0 atom stereocenters. The third-order valence-electron chi connectivity index (χ3n) is 4.93. The van der Waals surface area contributed by atoms with Crippen LogP contribution in [0.15, 0.2) is 73.4 Å². The first kappa shape index (κ1) is 19.5. The van der Waals surface area contributed by atoms with Gasteiger partial charge in [-0.3, -0.25) is 0 Å². The van der Waals surface area contributed by atoms with Crippen LogP contribution >= 0.6 is 0 Å². The highest BCUT2D eigenvalue weighted by Crippen LogP contribution is 2.26. The highest BCUT2D eigenvalue weighted by Gasteiger charge is 2.11. The Morgan fingerprint density at radius 1 is 1.03 bits per heavy atom. The van der Waals surface area contributed by atoms with Crippen molar-refractivity contribution < 1.29 is 13.9 Å². The van der Waals surface area contributed by atoms with Crippen molar-refractivity contribution in [2.75, 3.05) is 14.2 Å². The maximum absolute atomic E-state index is 13.3. The predicted octanol–water partition coefficient (Wildman–Crippen LogP) is 4.94. The Balaban J connectivity index is 1.59. The highest BCUT2D eigenvalue weighted by atomic mass is 19.1. The fraction of sp³-hybridized carbons (Fsp3) is 0.125. The van der Waals surface area contributed by atoms with Gasteiger partial charge in [-0.1, -0.05) is 18.7 Å². The Morgan fingerprint density at radius 3 is 2.40 bits per heavy atom. The summed E-state index contributed by atoms with van der Waals surface area (Å²) in [5, 5.41) is 8.83. The van der Waals surface area contributed by atoms with Gasteiger partial charge in [0.05, 0.1) is 31.6 Å². The third kappa shape index (κ3) is 3.85. The maximum Gasteiger partial charge on any atom is 0.123 e. The second-order valence-corrected chi connectivity index (χ2v) is 6.82. The van der Waals surface area contributed by atoms with Crippen LogP contribution in [0.2, 0.25) is 0 Å². The maximum atomic E-state index is 13.3. The quantitative estimate of drug-likeness (QED) is 0.475. The lowest BCUT2D eigenvalue weighted by Crippen LogP contribution is -2.11. The SMILES string of the molecule is C=C(NCc1cc(OC)cc(OC)c1)c1cccc2c1cnn2-c1ccc(F)cc1. The number of nitrogens with zero attached hydrogens (tertiary/aromatic N) is 2. The van der Waals surface area contributed by atoms with Gasteiger partial charge in [0.1, 0.15) is 17.3 Å². The summed E-state index contributed by atoms with van der Waals surface area (Å²) < 4.78 is 25.7. The van der Waals surface area contributed by atoms with Crippen molar-refractivity contribution >= 4 is 16.6 Å². The van der Waals surface area contributed by atoms with Gasteiger partial charge in [-0.25, -0.2) is 9.07 Å². The molecular weight excluding hydrogens is 381 g/mol. The van der Waals surface area contributed by atoms with E-state index in [0.717, 1.165) is 44.9 Å². The lowest BCUT2D eigenvalue weighted by Gasteiger charge is -2.13. The fourth-order valence-corrected chi connectivity index (χ4v) is 3.37. The van der Waals surface area contributed by atoms with Crippen LogP contribution in [-0.2, 0) is 6.54 Å². The molecule has 0 radical (unpaired) electrons. The number of methoxy groups -OCH3 is 2. The summed E-state index contributed by atoms with van der Waals surface area (Å²) >= 11 is 0. The van der Waals surface area contributed by atoms with Gasteiger partial charge in [-0.15, -0.1) is 0 Å². The molecule has 1 aromatic heterocycles. The van der Waals surface area contributed by atoms with Crippen LogP contribution in [0.4, 0.5) is 4.39 Å². The second-order valence-electron chi connectivity index (χ2n) is 6.82. The molecule has 0 aliphatic carbocycles. The first-order valence-corrected chi connectivity index (χ1v) is 9.47. The van der Waals surface area contributed by atoms with E-state index in [4.69, 9.17) is 9.47 Å². The van der Waals surface area contributed by atoms with Gasteiger partial charge < -0.3 is 14.8 Å². The molecule has 3 aromatic carbocycles. The lowest BCUT2D eigenvalue weighted by molar-refractivity contribution is 0.393. The Kier molecular flexibility index (Phi) is 5.39. The van der Waals surface area contributed by atoms with E-state index in [1.807, 2.05) is 36.4 Å². The number of hydrogen-bond acceptors (Lipinski definition) is 4. The first-order chi connectivity index (χ1) is 14.6. The van der Waals surface area contributed by atoms with E-state index in [1.165, 1.54) is 12.1 Å². The predicted molar refractivity (Wildman–Crippen MR) is 116 cm³/mol. The molecule has 30 heavy (non-hydrogen) atoms. The summed E-state index contributed by atoms with van der Waals surface area (Å²) in [7, 11) is 3.26. The van der Waals surface area contributed by atoms with Gasteiger partial charge in [-0.05, 0) is 48.0 Å². The number of halogens is 1. The molecule has 0 spiro atoms. The number of benzene rings is 3. The monoisotopic (exact) mass is 403 g/mol. The van der Waals surface area contributed by atoms with Gasteiger partial charge in [0, 0.05) is 29.3 Å². The first-order valence-electron chi connectivity index (χ1n) is 9.47. The zero-order chi connectivity index (χ0) is 21.1. The average molecular weight is 403 g/mol. The van der Waals surface area contributed by atoms with Crippen LogP contribution in [0.1, 0.15) is 11.1 Å². The van der Waals surface area contributed by atoms with E-state index in [0.29, 0.717) is 6.54 Å². The van der Waals surface area contributed by atoms with Crippen LogP contribution in [0, 0.1) is 5.82 Å². The van der Waals surface area contributed by atoms with Crippen molar-refractivity contribution in [3.63, 3.8) is 0 Å². The standard InChI is InChI=1S/C24H22FN3O2/c1-16(26-14-17-11-20(29-2)13-21(12-17)30-3)22-5-4-6-24-23(22)15-27-28(24)19-9-7-18(25)8-10-19/h4-13,15,26H,1,14H2,2-3H3. The molecule has 0 aliphatic rings. The minimum atomic E-state index is -0.275. The van der Waals surface area contributed by atoms with Gasteiger partial charge in [-0.2, -0.15) is 5.10 Å². The Morgan fingerprint density at radius 2 is 1.73 bits per heavy atom. The molecule has 5 nitrogen and oxygen atoms in total. The van der Waals surface area contributed by atoms with Crippen molar-refractivity contribution in [3.8, 4) is 17.2 Å². The molecule has 0 bridgehead atoms. The van der Waals surface area contributed by atoms with Gasteiger partial charge >= 0.3 is 0 Å². The largest absolute Gasteiger partial charge is 0.497 e. The van der Waals surface area contributed by atoms with Crippen molar-refractivity contribution in [3.05, 3.63) is 90.4 Å². The van der Waals surface area contributed by atoms with E-state index < -0.39 is 0 Å². The number of fused-ring (bicyclic) bond motifs is 1. The van der Waals surface area contributed by atoms with Crippen LogP contribution < -0.4 is 14.8 Å². The van der Waals surface area contributed by atoms with E-state index in [-0.39, 0.29) is 5.82 Å². The Bertz CT molecular complexity index is 1180. The highest BCUT2D eigenvalue weighted by molar-refractivity contribution is 5.91. The molecule has 4 rings (SSSR count). The molecule has 6 heteroatoms. The number of ether oxygens (including phenoxy) is 2. The minimum absolute atomic E-state index is 0.275. The third-order valence-corrected chi connectivity index (χ3v) is 4.93. The number of nitrogens with one attached hydrogen (secondary N) is 1. The molecule has 1 heterocycles. The van der Waals surface area contributed by atoms with E-state index in [1.54, 1.807) is 37.2 Å². The normalized spacial score (nSPS) is 10.8. The molecule has 4 aromatic rings. The number of hydrogen-bond donors (Lipinski definition) is 1. The number of aromatic nitrogens is 2. The summed E-state index contributed by atoms with van der Waals surface area (Å²) in [5.74, 6) is 1.20. The van der Waals surface area contributed by atoms with Crippen molar-refractivity contribution in [2.24, 2.45) is 0 Å². The molecule has 1 N–H and O–H groups in total. The topological polar surface area (TPSA) is 48.3 Å². The molecule has 152 valence electrons. The summed E-state index contributed by atoms with van der Waals surface area (Å²) in [6.07, 6.45) is 1.80. The van der Waals surface area contributed by atoms with Crippen LogP contribution in [-0.4, -0.2) is 24.0 Å². The molecule has 0 unspecified atom stereocenters. The average Bonchev–Trinajstić information content (AvgIpc) is 3.22. The Labute approximate surface area is 174 Å². The zero-order valence-electron chi connectivity index (χ0n) is 16.9. The van der Waals surface area contributed by atoms with Gasteiger partial charge in [0.25, 0.3) is 0 Å². The molecule has 0 aliphatic heterocycles. The molecule has 0 saturated heterocycles.